The van der Waals surface area contributed by atoms with Gasteiger partial charge in [-0.3, -0.25) is 4.79 Å². The highest BCUT2D eigenvalue weighted by molar-refractivity contribution is 5.94. The standard InChI is InChI=1S/C21H32N2O2/c1-5-13-21(3,4)16-23(15-14-22)20(25)19-11-9-18(10-12-19)8-6-7-17(2)24/h6-12,24H,5,13-16,22H2,1-4H3/b8-6+,17-7-. The van der Waals surface area contributed by atoms with Crippen LogP contribution in [0.15, 0.2) is 42.2 Å². The van der Waals surface area contributed by atoms with E-state index in [2.05, 4.69) is 20.8 Å². The van der Waals surface area contributed by atoms with Gasteiger partial charge in [-0.05, 0) is 42.5 Å². The van der Waals surface area contributed by atoms with Crippen LogP contribution in [0.1, 0.15) is 56.5 Å². The zero-order chi connectivity index (χ0) is 18.9. The minimum absolute atomic E-state index is 0.0243. The highest BCUT2D eigenvalue weighted by Gasteiger charge is 2.24. The Balaban J connectivity index is 2.87. The molecule has 0 radical (unpaired) electrons. The molecular formula is C21H32N2O2. The summed E-state index contributed by atoms with van der Waals surface area (Å²) in [5.41, 5.74) is 7.44. The molecule has 1 rings (SSSR count). The van der Waals surface area contributed by atoms with Gasteiger partial charge < -0.3 is 15.7 Å². The molecule has 1 aromatic rings. The molecule has 1 aromatic carbocycles. The number of aliphatic hydroxyl groups is 1. The van der Waals surface area contributed by atoms with Gasteiger partial charge >= 0.3 is 0 Å². The molecule has 0 atom stereocenters. The lowest BCUT2D eigenvalue weighted by Gasteiger charge is -2.32. The Hall–Kier alpha value is -2.07. The summed E-state index contributed by atoms with van der Waals surface area (Å²) in [7, 11) is 0. The second-order valence-corrected chi connectivity index (χ2v) is 7.22. The molecule has 3 N–H and O–H groups in total. The van der Waals surface area contributed by atoms with Crippen LogP contribution in [0.2, 0.25) is 0 Å². The fraction of sp³-hybridized carbons (Fsp3) is 0.476. The Bertz CT molecular complexity index is 597. The van der Waals surface area contributed by atoms with Gasteiger partial charge in [-0.15, -0.1) is 0 Å². The summed E-state index contributed by atoms with van der Waals surface area (Å²) in [6.07, 6.45) is 7.46. The van der Waals surface area contributed by atoms with E-state index in [-0.39, 0.29) is 17.1 Å². The minimum atomic E-state index is 0.0243. The number of rotatable bonds is 9. The van der Waals surface area contributed by atoms with Crippen LogP contribution in [0.25, 0.3) is 6.08 Å². The third-order valence-corrected chi connectivity index (χ3v) is 4.02. The fourth-order valence-electron chi connectivity index (χ4n) is 2.90. The largest absolute Gasteiger partial charge is 0.513 e. The number of amides is 1. The van der Waals surface area contributed by atoms with Gasteiger partial charge in [-0.25, -0.2) is 0 Å². The van der Waals surface area contributed by atoms with E-state index in [4.69, 9.17) is 10.8 Å². The Morgan fingerprint density at radius 2 is 1.92 bits per heavy atom. The SMILES string of the molecule is CCCC(C)(C)CN(CCN)C(=O)c1ccc(/C=C/C=C(/C)O)cc1. The molecule has 25 heavy (non-hydrogen) atoms. The molecule has 1 amide bonds. The van der Waals surface area contributed by atoms with Gasteiger partial charge in [-0.1, -0.05) is 51.5 Å². The van der Waals surface area contributed by atoms with Crippen LogP contribution in [0, 0.1) is 5.41 Å². The van der Waals surface area contributed by atoms with E-state index in [1.54, 1.807) is 19.1 Å². The first-order valence-electron chi connectivity index (χ1n) is 8.92. The first-order valence-corrected chi connectivity index (χ1v) is 8.92. The van der Waals surface area contributed by atoms with E-state index in [9.17, 15) is 4.79 Å². The highest BCUT2D eigenvalue weighted by Crippen LogP contribution is 2.24. The van der Waals surface area contributed by atoms with Crippen molar-refractivity contribution in [2.45, 2.75) is 40.5 Å². The van der Waals surface area contributed by atoms with E-state index in [1.165, 1.54) is 0 Å². The summed E-state index contributed by atoms with van der Waals surface area (Å²) < 4.78 is 0. The number of benzene rings is 1. The van der Waals surface area contributed by atoms with Crippen molar-refractivity contribution in [2.75, 3.05) is 19.6 Å². The van der Waals surface area contributed by atoms with Gasteiger partial charge in [0.25, 0.3) is 5.91 Å². The molecular weight excluding hydrogens is 312 g/mol. The third-order valence-electron chi connectivity index (χ3n) is 4.02. The van der Waals surface area contributed by atoms with E-state index in [0.717, 1.165) is 18.4 Å². The molecule has 0 unspecified atom stereocenters. The first-order chi connectivity index (χ1) is 11.8. The third kappa shape index (κ3) is 7.57. The maximum atomic E-state index is 12.8. The number of carbonyl (C=O) groups is 1. The smallest absolute Gasteiger partial charge is 0.253 e. The molecule has 138 valence electrons. The van der Waals surface area contributed by atoms with Crippen LogP contribution in [0.3, 0.4) is 0 Å². The minimum Gasteiger partial charge on any atom is -0.513 e. The second-order valence-electron chi connectivity index (χ2n) is 7.22. The molecule has 4 heteroatoms. The van der Waals surface area contributed by atoms with E-state index < -0.39 is 0 Å². The summed E-state index contributed by atoms with van der Waals surface area (Å²) in [6.45, 7) is 9.90. The van der Waals surface area contributed by atoms with Crippen LogP contribution in [0.4, 0.5) is 0 Å². The van der Waals surface area contributed by atoms with Crippen LogP contribution < -0.4 is 5.73 Å². The number of nitrogens with zero attached hydrogens (tertiary/aromatic N) is 1. The molecule has 0 saturated carbocycles. The van der Waals surface area contributed by atoms with Crippen molar-refractivity contribution in [3.63, 3.8) is 0 Å². The van der Waals surface area contributed by atoms with Gasteiger partial charge in [0.2, 0.25) is 0 Å². The van der Waals surface area contributed by atoms with Gasteiger partial charge in [-0.2, -0.15) is 0 Å². The van der Waals surface area contributed by atoms with Gasteiger partial charge in [0.1, 0.15) is 0 Å². The molecule has 0 spiro atoms. The number of aliphatic hydroxyl groups excluding tert-OH is 1. The van der Waals surface area contributed by atoms with Crippen molar-refractivity contribution < 1.29 is 9.90 Å². The van der Waals surface area contributed by atoms with E-state index in [1.807, 2.05) is 35.2 Å². The Morgan fingerprint density at radius 1 is 1.28 bits per heavy atom. The summed E-state index contributed by atoms with van der Waals surface area (Å²) in [5, 5.41) is 9.14. The van der Waals surface area contributed by atoms with Crippen molar-refractivity contribution >= 4 is 12.0 Å². The fourth-order valence-corrected chi connectivity index (χ4v) is 2.90. The lowest BCUT2D eigenvalue weighted by molar-refractivity contribution is 0.0682. The maximum absolute atomic E-state index is 12.8. The Labute approximate surface area is 152 Å². The number of carbonyl (C=O) groups excluding carboxylic acids is 1. The van der Waals surface area contributed by atoms with E-state index >= 15 is 0 Å². The predicted octanol–water partition coefficient (Wildman–Crippen LogP) is 4.39. The summed E-state index contributed by atoms with van der Waals surface area (Å²) in [4.78, 5) is 14.7. The van der Waals surface area contributed by atoms with Gasteiger partial charge in [0, 0.05) is 25.2 Å². The summed E-state index contributed by atoms with van der Waals surface area (Å²) in [6, 6.07) is 7.49. The molecule has 4 nitrogen and oxygen atoms in total. The second kappa shape index (κ2) is 10.0. The average molecular weight is 344 g/mol. The van der Waals surface area contributed by atoms with Crippen LogP contribution in [-0.2, 0) is 0 Å². The maximum Gasteiger partial charge on any atom is 0.253 e. The van der Waals surface area contributed by atoms with Crippen molar-refractivity contribution in [3.05, 3.63) is 53.3 Å². The molecule has 0 aliphatic rings. The molecule has 0 aromatic heterocycles. The molecule has 0 heterocycles. The number of hydrogen-bond donors (Lipinski definition) is 2. The Kier molecular flexibility index (Phi) is 8.42. The van der Waals surface area contributed by atoms with Crippen molar-refractivity contribution in [3.8, 4) is 0 Å². The topological polar surface area (TPSA) is 66.6 Å². The van der Waals surface area contributed by atoms with Crippen LogP contribution in [0.5, 0.6) is 0 Å². The van der Waals surface area contributed by atoms with Crippen molar-refractivity contribution in [1.82, 2.24) is 4.90 Å². The van der Waals surface area contributed by atoms with Gasteiger partial charge in [0.05, 0.1) is 5.76 Å². The number of nitrogens with two attached hydrogens (primary N) is 1. The zero-order valence-corrected chi connectivity index (χ0v) is 16.0. The molecule has 0 aliphatic heterocycles. The zero-order valence-electron chi connectivity index (χ0n) is 16.0. The van der Waals surface area contributed by atoms with E-state index in [0.29, 0.717) is 25.2 Å². The van der Waals surface area contributed by atoms with Crippen LogP contribution in [-0.4, -0.2) is 35.5 Å². The van der Waals surface area contributed by atoms with Crippen LogP contribution >= 0.6 is 0 Å². The molecule has 0 fully saturated rings. The van der Waals surface area contributed by atoms with Crippen molar-refractivity contribution in [2.24, 2.45) is 11.1 Å². The average Bonchev–Trinajstić information content (AvgIpc) is 2.54. The lowest BCUT2D eigenvalue weighted by Crippen LogP contribution is -2.41. The lowest BCUT2D eigenvalue weighted by atomic mass is 9.87. The molecule has 0 bridgehead atoms. The summed E-state index contributed by atoms with van der Waals surface area (Å²) in [5.74, 6) is 0.284. The number of allylic oxidation sites excluding steroid dienone is 3. The Morgan fingerprint density at radius 3 is 2.44 bits per heavy atom. The molecule has 0 saturated heterocycles. The predicted molar refractivity (Wildman–Crippen MR) is 106 cm³/mol. The number of hydrogen-bond acceptors (Lipinski definition) is 3. The highest BCUT2D eigenvalue weighted by atomic mass is 16.3. The normalized spacial score (nSPS) is 12.6. The molecule has 0 aliphatic carbocycles. The monoisotopic (exact) mass is 344 g/mol. The first kappa shape index (κ1) is 21.0. The van der Waals surface area contributed by atoms with Crippen molar-refractivity contribution in [1.29, 1.82) is 0 Å². The van der Waals surface area contributed by atoms with Gasteiger partial charge in [0.15, 0.2) is 0 Å². The quantitative estimate of drug-likeness (QED) is 0.516. The summed E-state index contributed by atoms with van der Waals surface area (Å²) >= 11 is 0.